The molecule has 0 bridgehead atoms. The first-order valence-electron chi connectivity index (χ1n) is 5.36. The van der Waals surface area contributed by atoms with Crippen LogP contribution in [-0.4, -0.2) is 36.4 Å². The highest BCUT2D eigenvalue weighted by Gasteiger charge is 2.22. The Morgan fingerprint density at radius 2 is 1.95 bits per heavy atom. The van der Waals surface area contributed by atoms with Gasteiger partial charge < -0.3 is 25.1 Å². The predicted octanol–water partition coefficient (Wildman–Crippen LogP) is -0.313. The Balaban J connectivity index is 2.16. The monoisotopic (exact) mass is 282 g/mol. The highest BCUT2D eigenvalue weighted by atomic mass is 16.7. The molecular weight excluding hydrogens is 272 g/mol. The van der Waals surface area contributed by atoms with Gasteiger partial charge in [-0.3, -0.25) is 10.1 Å². The third-order valence-electron chi connectivity index (χ3n) is 2.33. The maximum atomic E-state index is 11.2. The third-order valence-corrected chi connectivity index (χ3v) is 2.33. The molecule has 9 heteroatoms. The van der Waals surface area contributed by atoms with Crippen molar-refractivity contribution in [2.24, 2.45) is 5.73 Å². The number of benzene rings is 1. The highest BCUT2D eigenvalue weighted by Crippen LogP contribution is 2.38. The smallest absolute Gasteiger partial charge is 0.339 e. The number of carbonyl (C=O) groups excluding carboxylic acids is 2. The zero-order valence-electron chi connectivity index (χ0n) is 10.0. The summed E-state index contributed by atoms with van der Waals surface area (Å²) >= 11 is 0. The largest absolute Gasteiger partial charge is 0.483 e. The van der Waals surface area contributed by atoms with Gasteiger partial charge >= 0.3 is 12.0 Å². The second kappa shape index (κ2) is 5.34. The molecule has 1 aliphatic heterocycles. The average molecular weight is 282 g/mol. The molecule has 0 radical (unpaired) electrons. The van der Waals surface area contributed by atoms with Crippen LogP contribution in [0.4, 0.5) is 4.79 Å². The Kier molecular flexibility index (Phi) is 3.60. The fraction of sp³-hybridized carbons (Fsp3) is 0.182. The van der Waals surface area contributed by atoms with E-state index in [1.54, 1.807) is 5.32 Å². The number of fused-ring (bicyclic) bond motifs is 1. The maximum Gasteiger partial charge on any atom is 0.339 e. The van der Waals surface area contributed by atoms with Gasteiger partial charge in [-0.15, -0.1) is 0 Å². The number of hydrogen-bond donors (Lipinski definition) is 3. The van der Waals surface area contributed by atoms with Crippen molar-refractivity contribution in [2.75, 3.05) is 13.4 Å². The van der Waals surface area contributed by atoms with Gasteiger partial charge in [-0.2, -0.15) is 0 Å². The molecule has 0 fully saturated rings. The number of nitrogens with two attached hydrogens (primary N) is 1. The van der Waals surface area contributed by atoms with Crippen LogP contribution in [0.2, 0.25) is 0 Å². The molecule has 1 aromatic carbocycles. The zero-order chi connectivity index (χ0) is 14.7. The van der Waals surface area contributed by atoms with Gasteiger partial charge in [-0.25, -0.2) is 9.59 Å². The molecule has 0 atom stereocenters. The number of aromatic carboxylic acids is 1. The minimum Gasteiger partial charge on any atom is -0.483 e. The lowest BCUT2D eigenvalue weighted by Gasteiger charge is -2.09. The second-order valence-electron chi connectivity index (χ2n) is 3.71. The summed E-state index contributed by atoms with van der Waals surface area (Å²) in [6.45, 7) is -0.594. The summed E-state index contributed by atoms with van der Waals surface area (Å²) in [5, 5.41) is 10.8. The first-order valence-corrected chi connectivity index (χ1v) is 5.36. The molecular formula is C11H10N2O7. The summed E-state index contributed by atoms with van der Waals surface area (Å²) in [7, 11) is 0. The number of carboxylic acids is 1. The van der Waals surface area contributed by atoms with Crippen molar-refractivity contribution in [2.45, 2.75) is 0 Å². The Bertz CT molecular complexity index is 584. The molecule has 0 saturated heterocycles. The number of nitrogens with one attached hydrogen (secondary N) is 1. The molecule has 0 saturated carbocycles. The zero-order valence-corrected chi connectivity index (χ0v) is 10.0. The Hall–Kier alpha value is -2.97. The number of carboxylic acid groups (broad SMARTS) is 1. The van der Waals surface area contributed by atoms with Gasteiger partial charge in [-0.05, 0) is 0 Å². The molecule has 0 spiro atoms. The highest BCUT2D eigenvalue weighted by molar-refractivity contribution is 5.95. The predicted molar refractivity (Wildman–Crippen MR) is 62.7 cm³/mol. The van der Waals surface area contributed by atoms with E-state index in [1.807, 2.05) is 0 Å². The maximum absolute atomic E-state index is 11.2. The second-order valence-corrected chi connectivity index (χ2v) is 3.71. The average Bonchev–Trinajstić information content (AvgIpc) is 2.81. The molecule has 1 aliphatic rings. The molecule has 9 nitrogen and oxygen atoms in total. The number of amides is 3. The van der Waals surface area contributed by atoms with E-state index in [2.05, 4.69) is 0 Å². The van der Waals surface area contributed by atoms with Gasteiger partial charge in [-0.1, -0.05) is 0 Å². The summed E-state index contributed by atoms with van der Waals surface area (Å²) < 4.78 is 15.2. The molecule has 0 unspecified atom stereocenters. The van der Waals surface area contributed by atoms with Crippen LogP contribution in [0.5, 0.6) is 17.2 Å². The first kappa shape index (κ1) is 13.5. The van der Waals surface area contributed by atoms with Gasteiger partial charge in [0.2, 0.25) is 6.79 Å². The van der Waals surface area contributed by atoms with Crippen LogP contribution in [0.3, 0.4) is 0 Å². The molecule has 20 heavy (non-hydrogen) atoms. The van der Waals surface area contributed by atoms with E-state index in [4.69, 9.17) is 25.1 Å². The topological polar surface area (TPSA) is 137 Å². The van der Waals surface area contributed by atoms with E-state index < -0.39 is 24.5 Å². The van der Waals surface area contributed by atoms with Crippen molar-refractivity contribution in [1.82, 2.24) is 5.32 Å². The van der Waals surface area contributed by atoms with Crippen molar-refractivity contribution >= 4 is 17.9 Å². The van der Waals surface area contributed by atoms with E-state index in [0.717, 1.165) is 0 Å². The van der Waals surface area contributed by atoms with Crippen LogP contribution in [0.25, 0.3) is 0 Å². The van der Waals surface area contributed by atoms with Crippen molar-refractivity contribution in [3.8, 4) is 17.2 Å². The summed E-state index contributed by atoms with van der Waals surface area (Å²) in [5.74, 6) is -1.56. The van der Waals surface area contributed by atoms with Crippen LogP contribution in [0.15, 0.2) is 12.1 Å². The summed E-state index contributed by atoms with van der Waals surface area (Å²) in [6, 6.07) is 1.50. The number of ether oxygens (including phenoxy) is 3. The summed E-state index contributed by atoms with van der Waals surface area (Å²) in [6.07, 6.45) is 0. The van der Waals surface area contributed by atoms with Gasteiger partial charge in [0.25, 0.3) is 5.91 Å². The van der Waals surface area contributed by atoms with E-state index in [0.29, 0.717) is 5.75 Å². The molecule has 2 rings (SSSR count). The van der Waals surface area contributed by atoms with Gasteiger partial charge in [0.1, 0.15) is 11.3 Å². The van der Waals surface area contributed by atoms with E-state index in [1.165, 1.54) is 12.1 Å². The lowest BCUT2D eigenvalue weighted by atomic mass is 10.2. The molecule has 0 aliphatic carbocycles. The minimum absolute atomic E-state index is 0.0278. The van der Waals surface area contributed by atoms with Gasteiger partial charge in [0.05, 0.1) is 0 Å². The minimum atomic E-state index is -1.26. The molecule has 0 aromatic heterocycles. The van der Waals surface area contributed by atoms with Crippen molar-refractivity contribution < 1.29 is 33.7 Å². The number of carbonyl (C=O) groups is 3. The SMILES string of the molecule is NC(=O)NC(=O)COc1cc2c(cc1C(=O)O)OCO2. The lowest BCUT2D eigenvalue weighted by molar-refractivity contribution is -0.121. The number of primary amides is 1. The fourth-order valence-electron chi connectivity index (χ4n) is 1.53. The van der Waals surface area contributed by atoms with E-state index in [-0.39, 0.29) is 23.9 Å². The molecule has 1 aromatic rings. The third kappa shape index (κ3) is 2.88. The molecule has 1 heterocycles. The number of rotatable bonds is 4. The van der Waals surface area contributed by atoms with Crippen molar-refractivity contribution in [3.63, 3.8) is 0 Å². The Morgan fingerprint density at radius 3 is 2.55 bits per heavy atom. The van der Waals surface area contributed by atoms with Crippen molar-refractivity contribution in [1.29, 1.82) is 0 Å². The normalized spacial score (nSPS) is 11.8. The van der Waals surface area contributed by atoms with E-state index in [9.17, 15) is 14.4 Å². The van der Waals surface area contributed by atoms with Crippen molar-refractivity contribution in [3.05, 3.63) is 17.7 Å². The van der Waals surface area contributed by atoms with Crippen LogP contribution < -0.4 is 25.3 Å². The standard InChI is InChI=1S/C11H10N2O7/c12-11(17)13-9(14)3-18-6-2-8-7(19-4-20-8)1-5(6)10(15)16/h1-2H,3-4H2,(H,15,16)(H3,12,13,14,17). The van der Waals surface area contributed by atoms with Crippen LogP contribution in [-0.2, 0) is 4.79 Å². The fourth-order valence-corrected chi connectivity index (χ4v) is 1.53. The van der Waals surface area contributed by atoms with Gasteiger partial charge in [0.15, 0.2) is 18.1 Å². The quantitative estimate of drug-likeness (QED) is 0.688. The van der Waals surface area contributed by atoms with Crippen LogP contribution >= 0.6 is 0 Å². The Morgan fingerprint density at radius 1 is 1.30 bits per heavy atom. The number of hydrogen-bond acceptors (Lipinski definition) is 6. The summed E-state index contributed by atoms with van der Waals surface area (Å²) in [5.41, 5.74) is 4.56. The van der Waals surface area contributed by atoms with Gasteiger partial charge in [0, 0.05) is 12.1 Å². The molecule has 3 amide bonds. The lowest BCUT2D eigenvalue weighted by Crippen LogP contribution is -2.38. The first-order chi connectivity index (χ1) is 9.47. The number of imide groups is 1. The van der Waals surface area contributed by atoms with E-state index >= 15 is 0 Å². The number of urea groups is 1. The van der Waals surface area contributed by atoms with Crippen LogP contribution in [0, 0.1) is 0 Å². The molecule has 4 N–H and O–H groups in total. The molecule has 106 valence electrons. The summed E-state index contributed by atoms with van der Waals surface area (Å²) in [4.78, 5) is 32.7. The Labute approximate surface area is 112 Å². The van der Waals surface area contributed by atoms with Crippen LogP contribution in [0.1, 0.15) is 10.4 Å².